The van der Waals surface area contributed by atoms with Crippen molar-refractivity contribution in [1.82, 2.24) is 5.32 Å². The standard InChI is InChI=1S/C23H30ClNO4/c1-6-7-17-12-16(4)19(20(24)13-17)14-21(26)25-23(22(27)28-5)10-8-18(9-11-23)29-15(2)3/h12-13,15,18H,8-11,14H2,1-5H3,(H,25,26). The van der Waals surface area contributed by atoms with Crippen molar-refractivity contribution in [1.29, 1.82) is 0 Å². The molecule has 1 amide bonds. The molecule has 1 saturated carbocycles. The fourth-order valence-electron chi connectivity index (χ4n) is 3.87. The number of amides is 1. The number of carbonyl (C=O) groups excluding carboxylic acids is 2. The molecule has 0 bridgehead atoms. The first kappa shape index (κ1) is 23.3. The molecule has 1 aliphatic carbocycles. The maximum absolute atomic E-state index is 12.8. The lowest BCUT2D eigenvalue weighted by Crippen LogP contribution is -2.58. The molecule has 0 unspecified atom stereocenters. The molecule has 5 nitrogen and oxygen atoms in total. The quantitative estimate of drug-likeness (QED) is 0.560. The van der Waals surface area contributed by atoms with Gasteiger partial charge >= 0.3 is 5.97 Å². The lowest BCUT2D eigenvalue weighted by Gasteiger charge is -2.38. The van der Waals surface area contributed by atoms with Gasteiger partial charge in [-0.25, -0.2) is 4.79 Å². The summed E-state index contributed by atoms with van der Waals surface area (Å²) >= 11 is 6.39. The lowest BCUT2D eigenvalue weighted by molar-refractivity contribution is -0.154. The topological polar surface area (TPSA) is 64.6 Å². The molecule has 1 aromatic carbocycles. The zero-order valence-corrected chi connectivity index (χ0v) is 18.6. The van der Waals surface area contributed by atoms with E-state index < -0.39 is 11.5 Å². The van der Waals surface area contributed by atoms with Crippen molar-refractivity contribution >= 4 is 23.5 Å². The lowest BCUT2D eigenvalue weighted by atomic mass is 9.80. The Labute approximate surface area is 178 Å². The average molecular weight is 420 g/mol. The summed E-state index contributed by atoms with van der Waals surface area (Å²) < 4.78 is 10.9. The van der Waals surface area contributed by atoms with E-state index in [2.05, 4.69) is 17.2 Å². The molecule has 0 radical (unpaired) electrons. The van der Waals surface area contributed by atoms with Gasteiger partial charge in [0.15, 0.2) is 0 Å². The summed E-state index contributed by atoms with van der Waals surface area (Å²) in [6.45, 7) is 7.65. The number of methoxy groups -OCH3 is 1. The summed E-state index contributed by atoms with van der Waals surface area (Å²) in [7, 11) is 1.35. The summed E-state index contributed by atoms with van der Waals surface area (Å²) in [6, 6.07) is 3.67. The van der Waals surface area contributed by atoms with Gasteiger partial charge in [0.05, 0.1) is 25.7 Å². The summed E-state index contributed by atoms with van der Waals surface area (Å²) in [5.74, 6) is 5.15. The predicted octanol–water partition coefficient (Wildman–Crippen LogP) is 3.96. The van der Waals surface area contributed by atoms with E-state index in [0.29, 0.717) is 30.7 Å². The Bertz CT molecular complexity index is 791. The molecule has 0 aromatic heterocycles. The Kier molecular flexibility index (Phi) is 8.13. The molecule has 0 atom stereocenters. The van der Waals surface area contributed by atoms with Crippen molar-refractivity contribution in [3.8, 4) is 11.8 Å². The highest BCUT2D eigenvalue weighted by Crippen LogP contribution is 2.32. The predicted molar refractivity (Wildman–Crippen MR) is 114 cm³/mol. The molecule has 29 heavy (non-hydrogen) atoms. The molecule has 158 valence electrons. The Balaban J connectivity index is 2.14. The van der Waals surface area contributed by atoms with E-state index in [1.807, 2.05) is 26.8 Å². The summed E-state index contributed by atoms with van der Waals surface area (Å²) in [5.41, 5.74) is 1.43. The molecular formula is C23H30ClNO4. The van der Waals surface area contributed by atoms with Crippen molar-refractivity contribution in [2.45, 2.75) is 77.5 Å². The highest BCUT2D eigenvalue weighted by Gasteiger charge is 2.44. The molecule has 1 N–H and O–H groups in total. The van der Waals surface area contributed by atoms with Gasteiger partial charge in [-0.1, -0.05) is 17.5 Å². The summed E-state index contributed by atoms with van der Waals surface area (Å²) in [4.78, 5) is 25.4. The molecule has 0 aliphatic heterocycles. The number of nitrogens with one attached hydrogen (secondary N) is 1. The molecule has 0 spiro atoms. The number of carbonyl (C=O) groups is 2. The van der Waals surface area contributed by atoms with Gasteiger partial charge in [0.25, 0.3) is 0 Å². The van der Waals surface area contributed by atoms with Crippen molar-refractivity contribution < 1.29 is 19.1 Å². The molecule has 0 saturated heterocycles. The Morgan fingerprint density at radius 3 is 2.48 bits per heavy atom. The van der Waals surface area contributed by atoms with Gasteiger partial charge in [-0.2, -0.15) is 0 Å². The van der Waals surface area contributed by atoms with Crippen LogP contribution in [0.15, 0.2) is 12.1 Å². The third kappa shape index (κ3) is 5.98. The molecule has 1 aromatic rings. The molecule has 2 rings (SSSR count). The zero-order valence-electron chi connectivity index (χ0n) is 17.9. The minimum Gasteiger partial charge on any atom is -0.467 e. The van der Waals surface area contributed by atoms with Gasteiger partial charge in [0.1, 0.15) is 5.54 Å². The maximum Gasteiger partial charge on any atom is 0.331 e. The minimum atomic E-state index is -1.02. The maximum atomic E-state index is 12.8. The molecule has 6 heteroatoms. The second-order valence-electron chi connectivity index (χ2n) is 7.81. The second kappa shape index (κ2) is 10.1. The van der Waals surface area contributed by atoms with Crippen LogP contribution in [0.2, 0.25) is 5.02 Å². The van der Waals surface area contributed by atoms with Crippen molar-refractivity contribution in [3.05, 3.63) is 33.8 Å². The normalized spacial score (nSPS) is 21.3. The van der Waals surface area contributed by atoms with Crippen LogP contribution in [0, 0.1) is 18.8 Å². The van der Waals surface area contributed by atoms with Gasteiger partial charge in [-0.3, -0.25) is 4.79 Å². The number of rotatable bonds is 6. The highest BCUT2D eigenvalue weighted by atomic mass is 35.5. The van der Waals surface area contributed by atoms with E-state index in [-0.39, 0.29) is 24.5 Å². The van der Waals surface area contributed by atoms with Crippen LogP contribution < -0.4 is 5.32 Å². The van der Waals surface area contributed by atoms with E-state index in [1.165, 1.54) is 7.11 Å². The first-order valence-electron chi connectivity index (χ1n) is 9.97. The van der Waals surface area contributed by atoms with Gasteiger partial charge in [0, 0.05) is 10.6 Å². The van der Waals surface area contributed by atoms with E-state index in [4.69, 9.17) is 21.1 Å². The van der Waals surface area contributed by atoms with Crippen LogP contribution in [0.1, 0.15) is 63.1 Å². The van der Waals surface area contributed by atoms with Crippen LogP contribution in [0.5, 0.6) is 0 Å². The molecule has 1 fully saturated rings. The van der Waals surface area contributed by atoms with Crippen LogP contribution in [0.25, 0.3) is 0 Å². The summed E-state index contributed by atoms with van der Waals surface area (Å²) in [5, 5.41) is 3.44. The largest absolute Gasteiger partial charge is 0.467 e. The van der Waals surface area contributed by atoms with E-state index in [1.54, 1.807) is 13.0 Å². The van der Waals surface area contributed by atoms with Gasteiger partial charge in [-0.15, -0.1) is 5.92 Å². The monoisotopic (exact) mass is 419 g/mol. The van der Waals surface area contributed by atoms with Crippen LogP contribution in [0.3, 0.4) is 0 Å². The van der Waals surface area contributed by atoms with Gasteiger partial charge in [-0.05, 0) is 76.6 Å². The third-order valence-corrected chi connectivity index (χ3v) is 5.57. The zero-order chi connectivity index (χ0) is 21.6. The van der Waals surface area contributed by atoms with Crippen LogP contribution >= 0.6 is 11.6 Å². The van der Waals surface area contributed by atoms with Crippen molar-refractivity contribution in [2.24, 2.45) is 0 Å². The molecular weight excluding hydrogens is 390 g/mol. The van der Waals surface area contributed by atoms with Crippen LogP contribution in [-0.2, 0) is 25.5 Å². The number of aryl methyl sites for hydroxylation is 1. The van der Waals surface area contributed by atoms with E-state index >= 15 is 0 Å². The van der Waals surface area contributed by atoms with E-state index in [9.17, 15) is 9.59 Å². The SMILES string of the molecule is CC#Cc1cc(C)c(CC(=O)NC2(C(=O)OC)CCC(OC(C)C)CC2)c(Cl)c1. The highest BCUT2D eigenvalue weighted by molar-refractivity contribution is 6.31. The Morgan fingerprint density at radius 1 is 1.31 bits per heavy atom. The number of benzene rings is 1. The Morgan fingerprint density at radius 2 is 1.97 bits per heavy atom. The molecule has 1 aliphatic rings. The van der Waals surface area contributed by atoms with Crippen LogP contribution in [-0.4, -0.2) is 36.7 Å². The first-order valence-corrected chi connectivity index (χ1v) is 10.3. The average Bonchev–Trinajstić information content (AvgIpc) is 2.65. The third-order valence-electron chi connectivity index (χ3n) is 5.23. The van der Waals surface area contributed by atoms with Gasteiger partial charge < -0.3 is 14.8 Å². The summed E-state index contributed by atoms with van der Waals surface area (Å²) in [6.07, 6.45) is 2.67. The number of esters is 1. The van der Waals surface area contributed by atoms with E-state index in [0.717, 1.165) is 16.7 Å². The number of hydrogen-bond donors (Lipinski definition) is 1. The van der Waals surface area contributed by atoms with Crippen LogP contribution in [0.4, 0.5) is 0 Å². The minimum absolute atomic E-state index is 0.0913. The number of halogens is 1. The van der Waals surface area contributed by atoms with Crippen molar-refractivity contribution in [3.63, 3.8) is 0 Å². The van der Waals surface area contributed by atoms with Crippen molar-refractivity contribution in [2.75, 3.05) is 7.11 Å². The van der Waals surface area contributed by atoms with Gasteiger partial charge in [0.2, 0.25) is 5.91 Å². The first-order chi connectivity index (χ1) is 13.7. The fourth-order valence-corrected chi connectivity index (χ4v) is 4.20. The molecule has 0 heterocycles. The number of hydrogen-bond acceptors (Lipinski definition) is 4. The smallest absolute Gasteiger partial charge is 0.331 e. The fraction of sp³-hybridized carbons (Fsp3) is 0.565. The number of ether oxygens (including phenoxy) is 2. The Hall–Kier alpha value is -2.03. The second-order valence-corrected chi connectivity index (χ2v) is 8.22.